The average Bonchev–Trinajstić information content (AvgIpc) is 3.42. The topological polar surface area (TPSA) is 63.9 Å². The lowest BCUT2D eigenvalue weighted by atomic mass is 10.2. The standard InChI is InChI=1S/C19H23N5OS3/c1-2-24-16(11-23-9-5-3-4-8-17(23)25)21-22-19(24)28-13-14-12-27-18(20-14)15-7-6-10-26-15/h6-7,10,12H,2-5,8-9,11,13H2,1H3. The molecule has 1 saturated heterocycles. The molecule has 0 aliphatic carbocycles. The normalized spacial score (nSPS) is 15.2. The molecule has 3 aromatic heterocycles. The Balaban J connectivity index is 1.42. The third-order valence-electron chi connectivity index (χ3n) is 4.75. The van der Waals surface area contributed by atoms with Gasteiger partial charge in [-0.3, -0.25) is 4.79 Å². The van der Waals surface area contributed by atoms with Gasteiger partial charge in [-0.1, -0.05) is 24.2 Å². The smallest absolute Gasteiger partial charge is 0.222 e. The molecule has 0 saturated carbocycles. The number of rotatable bonds is 7. The van der Waals surface area contributed by atoms with E-state index >= 15 is 0 Å². The lowest BCUT2D eigenvalue weighted by Gasteiger charge is -2.20. The lowest BCUT2D eigenvalue weighted by molar-refractivity contribution is -0.131. The molecule has 28 heavy (non-hydrogen) atoms. The van der Waals surface area contributed by atoms with Crippen molar-refractivity contribution in [2.24, 2.45) is 0 Å². The Morgan fingerprint density at radius 3 is 2.96 bits per heavy atom. The number of hydrogen-bond donors (Lipinski definition) is 0. The number of likely N-dealkylation sites (tertiary alicyclic amines) is 1. The third kappa shape index (κ3) is 4.47. The Morgan fingerprint density at radius 1 is 1.21 bits per heavy atom. The molecule has 0 bridgehead atoms. The zero-order valence-electron chi connectivity index (χ0n) is 15.8. The Morgan fingerprint density at radius 2 is 2.14 bits per heavy atom. The SMILES string of the molecule is CCn1c(CN2CCCCCC2=O)nnc1SCc1csc(-c2cccs2)n1. The fraction of sp³-hybridized carbons (Fsp3) is 0.474. The molecule has 0 spiro atoms. The summed E-state index contributed by atoms with van der Waals surface area (Å²) in [6, 6.07) is 4.15. The van der Waals surface area contributed by atoms with E-state index < -0.39 is 0 Å². The van der Waals surface area contributed by atoms with Gasteiger partial charge in [-0.15, -0.1) is 32.9 Å². The summed E-state index contributed by atoms with van der Waals surface area (Å²) in [6.45, 7) is 4.27. The second kappa shape index (κ2) is 9.19. The number of thioether (sulfide) groups is 1. The fourth-order valence-corrected chi connectivity index (χ4v) is 5.92. The first kappa shape index (κ1) is 19.6. The molecule has 9 heteroatoms. The largest absolute Gasteiger partial charge is 0.335 e. The minimum Gasteiger partial charge on any atom is -0.335 e. The van der Waals surface area contributed by atoms with E-state index in [1.807, 2.05) is 4.90 Å². The van der Waals surface area contributed by atoms with E-state index in [9.17, 15) is 4.79 Å². The zero-order valence-corrected chi connectivity index (χ0v) is 18.3. The predicted molar refractivity (Wildman–Crippen MR) is 115 cm³/mol. The summed E-state index contributed by atoms with van der Waals surface area (Å²) in [7, 11) is 0. The van der Waals surface area contributed by atoms with E-state index in [4.69, 9.17) is 4.98 Å². The summed E-state index contributed by atoms with van der Waals surface area (Å²) in [4.78, 5) is 20.2. The molecule has 0 unspecified atom stereocenters. The highest BCUT2D eigenvalue weighted by molar-refractivity contribution is 7.98. The van der Waals surface area contributed by atoms with Crippen molar-refractivity contribution in [2.75, 3.05) is 6.54 Å². The molecule has 0 N–H and O–H groups in total. The van der Waals surface area contributed by atoms with E-state index in [1.54, 1.807) is 34.4 Å². The quantitative estimate of drug-likeness (QED) is 0.506. The van der Waals surface area contributed by atoms with E-state index in [0.29, 0.717) is 13.0 Å². The van der Waals surface area contributed by atoms with E-state index in [2.05, 4.69) is 44.6 Å². The summed E-state index contributed by atoms with van der Waals surface area (Å²) in [5.74, 6) is 1.88. The number of amides is 1. The van der Waals surface area contributed by atoms with Gasteiger partial charge in [0.05, 0.1) is 17.1 Å². The van der Waals surface area contributed by atoms with Gasteiger partial charge < -0.3 is 9.47 Å². The van der Waals surface area contributed by atoms with Gasteiger partial charge in [0.2, 0.25) is 5.91 Å². The molecular formula is C19H23N5OS3. The Labute approximate surface area is 177 Å². The van der Waals surface area contributed by atoms with E-state index in [-0.39, 0.29) is 5.91 Å². The number of carbonyl (C=O) groups is 1. The molecule has 6 nitrogen and oxygen atoms in total. The minimum absolute atomic E-state index is 0.237. The molecule has 0 radical (unpaired) electrons. The van der Waals surface area contributed by atoms with Crippen LogP contribution in [0.2, 0.25) is 0 Å². The van der Waals surface area contributed by atoms with Crippen molar-refractivity contribution in [3.63, 3.8) is 0 Å². The summed E-state index contributed by atoms with van der Waals surface area (Å²) >= 11 is 5.05. The number of thiophene rings is 1. The first-order chi connectivity index (χ1) is 13.7. The van der Waals surface area contributed by atoms with Crippen LogP contribution in [-0.2, 0) is 23.6 Å². The van der Waals surface area contributed by atoms with Crippen LogP contribution in [0.5, 0.6) is 0 Å². The maximum atomic E-state index is 12.3. The molecule has 4 heterocycles. The van der Waals surface area contributed by atoms with Gasteiger partial charge in [-0.25, -0.2) is 4.98 Å². The van der Waals surface area contributed by atoms with Gasteiger partial charge >= 0.3 is 0 Å². The maximum absolute atomic E-state index is 12.3. The lowest BCUT2D eigenvalue weighted by Crippen LogP contribution is -2.31. The summed E-state index contributed by atoms with van der Waals surface area (Å²) in [5.41, 5.74) is 1.06. The first-order valence-corrected chi connectivity index (χ1v) is 12.3. The Kier molecular flexibility index (Phi) is 6.43. The van der Waals surface area contributed by atoms with Gasteiger partial charge in [0.1, 0.15) is 5.01 Å². The molecule has 0 aromatic carbocycles. The molecule has 0 atom stereocenters. The summed E-state index contributed by atoms with van der Waals surface area (Å²) < 4.78 is 2.12. The van der Waals surface area contributed by atoms with E-state index in [1.165, 1.54) is 4.88 Å². The Hall–Kier alpha value is -1.71. The van der Waals surface area contributed by atoms with Crippen LogP contribution in [-0.4, -0.2) is 37.1 Å². The highest BCUT2D eigenvalue weighted by atomic mass is 32.2. The van der Waals surface area contributed by atoms with Gasteiger partial charge in [-0.2, -0.15) is 0 Å². The molecule has 1 amide bonds. The van der Waals surface area contributed by atoms with Crippen molar-refractivity contribution >= 4 is 40.3 Å². The average molecular weight is 434 g/mol. The number of hydrogen-bond acceptors (Lipinski definition) is 7. The third-order valence-corrected chi connectivity index (χ3v) is 7.68. The molecular weight excluding hydrogens is 410 g/mol. The summed E-state index contributed by atoms with van der Waals surface area (Å²) in [6.07, 6.45) is 3.85. The zero-order chi connectivity index (χ0) is 19.3. The predicted octanol–water partition coefficient (Wildman–Crippen LogP) is 4.68. The maximum Gasteiger partial charge on any atom is 0.222 e. The van der Waals surface area contributed by atoms with Crippen LogP contribution in [0.25, 0.3) is 9.88 Å². The highest BCUT2D eigenvalue weighted by Crippen LogP contribution is 2.30. The van der Waals surface area contributed by atoms with Crippen LogP contribution in [0.1, 0.15) is 44.1 Å². The second-order valence-electron chi connectivity index (χ2n) is 6.68. The fourth-order valence-electron chi connectivity index (χ4n) is 3.26. The van der Waals surface area contributed by atoms with E-state index in [0.717, 1.165) is 59.8 Å². The van der Waals surface area contributed by atoms with Crippen molar-refractivity contribution in [3.8, 4) is 9.88 Å². The molecule has 4 rings (SSSR count). The summed E-state index contributed by atoms with van der Waals surface area (Å²) in [5, 5.41) is 14.9. The first-order valence-electron chi connectivity index (χ1n) is 9.55. The molecule has 148 valence electrons. The van der Waals surface area contributed by atoms with Crippen LogP contribution in [0, 0.1) is 0 Å². The number of nitrogens with zero attached hydrogens (tertiary/aromatic N) is 5. The van der Waals surface area contributed by atoms with Crippen LogP contribution < -0.4 is 0 Å². The van der Waals surface area contributed by atoms with Gasteiger partial charge in [0.25, 0.3) is 0 Å². The van der Waals surface area contributed by atoms with Gasteiger partial charge in [0.15, 0.2) is 11.0 Å². The molecule has 3 aromatic rings. The molecule has 1 fully saturated rings. The van der Waals surface area contributed by atoms with Crippen molar-refractivity contribution < 1.29 is 4.79 Å². The monoisotopic (exact) mass is 433 g/mol. The van der Waals surface area contributed by atoms with Crippen LogP contribution in [0.3, 0.4) is 0 Å². The second-order valence-corrected chi connectivity index (χ2v) is 9.43. The van der Waals surface area contributed by atoms with Crippen LogP contribution in [0.4, 0.5) is 0 Å². The highest BCUT2D eigenvalue weighted by Gasteiger charge is 2.20. The molecule has 1 aliphatic rings. The van der Waals surface area contributed by atoms with Crippen LogP contribution >= 0.6 is 34.4 Å². The van der Waals surface area contributed by atoms with Crippen molar-refractivity contribution in [1.29, 1.82) is 0 Å². The van der Waals surface area contributed by atoms with Crippen molar-refractivity contribution in [2.45, 2.75) is 56.6 Å². The van der Waals surface area contributed by atoms with Gasteiger partial charge in [-0.05, 0) is 31.2 Å². The van der Waals surface area contributed by atoms with Gasteiger partial charge in [0, 0.05) is 30.6 Å². The number of thiazole rings is 1. The number of aromatic nitrogens is 4. The van der Waals surface area contributed by atoms with Crippen molar-refractivity contribution in [3.05, 3.63) is 34.4 Å². The Bertz CT molecular complexity index is 918. The van der Waals surface area contributed by atoms with Crippen molar-refractivity contribution in [1.82, 2.24) is 24.6 Å². The van der Waals surface area contributed by atoms with Crippen LogP contribution in [0.15, 0.2) is 28.0 Å². The minimum atomic E-state index is 0.237. The number of carbonyl (C=O) groups excluding carboxylic acids is 1. The molecule has 1 aliphatic heterocycles.